The van der Waals surface area contributed by atoms with Gasteiger partial charge in [0.15, 0.2) is 0 Å². The molecule has 0 unspecified atom stereocenters. The van der Waals surface area contributed by atoms with Gasteiger partial charge < -0.3 is 14.6 Å². The van der Waals surface area contributed by atoms with Crippen LogP contribution in [0.1, 0.15) is 0 Å². The number of phenols is 1. The van der Waals surface area contributed by atoms with Crippen LogP contribution in [-0.2, 0) is 0 Å². The van der Waals surface area contributed by atoms with Crippen LogP contribution >= 0.6 is 0 Å². The Kier molecular flexibility index (Phi) is 6.35. The molecule has 0 bridgehead atoms. The number of nitro benzene ring substituents is 1. The molecule has 34 heavy (non-hydrogen) atoms. The lowest BCUT2D eigenvalue weighted by atomic mass is 10.2. The second kappa shape index (κ2) is 9.69. The van der Waals surface area contributed by atoms with E-state index in [1.807, 2.05) is 0 Å². The van der Waals surface area contributed by atoms with Crippen LogP contribution in [0.3, 0.4) is 0 Å². The number of nitrogens with zero attached hydrogens (tertiary/aromatic N) is 6. The smallest absolute Gasteiger partial charge is 0.269 e. The molecule has 0 radical (unpaired) electrons. The molecule has 1 aromatic heterocycles. The van der Waals surface area contributed by atoms with E-state index in [-0.39, 0.29) is 11.4 Å². The van der Waals surface area contributed by atoms with Crippen LogP contribution in [0.25, 0.3) is 10.9 Å². The van der Waals surface area contributed by atoms with Crippen molar-refractivity contribution in [2.75, 3.05) is 14.2 Å². The zero-order valence-electron chi connectivity index (χ0n) is 18.1. The second-order valence-corrected chi connectivity index (χ2v) is 6.87. The summed E-state index contributed by atoms with van der Waals surface area (Å²) in [7, 11) is 2.96. The van der Waals surface area contributed by atoms with Crippen molar-refractivity contribution in [3.05, 3.63) is 77.0 Å². The second-order valence-electron chi connectivity index (χ2n) is 6.87. The van der Waals surface area contributed by atoms with E-state index < -0.39 is 4.92 Å². The first-order valence-electron chi connectivity index (χ1n) is 9.91. The van der Waals surface area contributed by atoms with Crippen molar-refractivity contribution >= 4 is 39.3 Å². The summed E-state index contributed by atoms with van der Waals surface area (Å²) in [5.41, 5.74) is 2.09. The number of benzene rings is 3. The molecular formula is C23H18N6O5. The van der Waals surface area contributed by atoms with Gasteiger partial charge in [-0.3, -0.25) is 15.1 Å². The van der Waals surface area contributed by atoms with Gasteiger partial charge in [0.05, 0.1) is 30.5 Å². The van der Waals surface area contributed by atoms with Crippen molar-refractivity contribution in [1.82, 2.24) is 4.98 Å². The quantitative estimate of drug-likeness (QED) is 0.185. The maximum absolute atomic E-state index is 10.8. The molecule has 0 aliphatic carbocycles. The predicted octanol–water partition coefficient (Wildman–Crippen LogP) is 6.70. The molecule has 4 aromatic rings. The molecule has 0 atom stereocenters. The number of rotatable bonds is 7. The number of nitro groups is 1. The molecule has 4 rings (SSSR count). The molecule has 0 aliphatic heterocycles. The lowest BCUT2D eigenvalue weighted by Crippen LogP contribution is -1.88. The zero-order valence-corrected chi connectivity index (χ0v) is 18.1. The van der Waals surface area contributed by atoms with Crippen LogP contribution in [0.4, 0.5) is 28.4 Å². The maximum atomic E-state index is 10.8. The van der Waals surface area contributed by atoms with Gasteiger partial charge in [-0.2, -0.15) is 5.11 Å². The molecule has 11 nitrogen and oxygen atoms in total. The van der Waals surface area contributed by atoms with Gasteiger partial charge in [0.2, 0.25) is 0 Å². The molecule has 1 heterocycles. The third kappa shape index (κ3) is 4.63. The number of fused-ring (bicyclic) bond motifs is 1. The topological polar surface area (TPSA) is 144 Å². The largest absolute Gasteiger partial charge is 0.506 e. The summed E-state index contributed by atoms with van der Waals surface area (Å²) in [6, 6.07) is 15.5. The van der Waals surface area contributed by atoms with E-state index in [9.17, 15) is 15.2 Å². The highest BCUT2D eigenvalue weighted by Gasteiger charge is 2.12. The highest BCUT2D eigenvalue weighted by Crippen LogP contribution is 2.41. The van der Waals surface area contributed by atoms with E-state index in [2.05, 4.69) is 25.4 Å². The van der Waals surface area contributed by atoms with Crippen molar-refractivity contribution in [2.24, 2.45) is 20.5 Å². The number of phenolic OH excluding ortho intramolecular Hbond substituents is 1. The molecule has 0 amide bonds. The first-order valence-corrected chi connectivity index (χ1v) is 9.91. The highest BCUT2D eigenvalue weighted by atomic mass is 16.6. The number of azo groups is 2. The Morgan fingerprint density at radius 2 is 1.47 bits per heavy atom. The van der Waals surface area contributed by atoms with Crippen molar-refractivity contribution in [3.8, 4) is 17.2 Å². The standard InChI is InChI=1S/C23H18N6O5/c1-33-21-13-19(28-26-17-9-10-20(30)23-16(17)4-3-11-24-23)22(34-2)12-18(21)27-25-14-5-7-15(8-6-14)29(31)32/h3-13,30H,1-2H3. The summed E-state index contributed by atoms with van der Waals surface area (Å²) >= 11 is 0. The third-order valence-corrected chi connectivity index (χ3v) is 4.80. The number of methoxy groups -OCH3 is 2. The Morgan fingerprint density at radius 1 is 0.853 bits per heavy atom. The fourth-order valence-corrected chi connectivity index (χ4v) is 3.11. The van der Waals surface area contributed by atoms with Gasteiger partial charge in [-0.1, -0.05) is 0 Å². The van der Waals surface area contributed by atoms with E-state index in [4.69, 9.17) is 9.47 Å². The lowest BCUT2D eigenvalue weighted by Gasteiger charge is -2.09. The molecule has 1 N–H and O–H groups in total. The van der Waals surface area contributed by atoms with Crippen molar-refractivity contribution in [2.45, 2.75) is 0 Å². The summed E-state index contributed by atoms with van der Waals surface area (Å²) in [5.74, 6) is 0.803. The molecular weight excluding hydrogens is 440 g/mol. The van der Waals surface area contributed by atoms with Crippen LogP contribution in [0.15, 0.2) is 87.3 Å². The van der Waals surface area contributed by atoms with Crippen molar-refractivity contribution in [1.29, 1.82) is 0 Å². The number of aromatic hydroxyl groups is 1. The summed E-state index contributed by atoms with van der Waals surface area (Å²) in [4.78, 5) is 14.5. The van der Waals surface area contributed by atoms with E-state index in [1.54, 1.807) is 36.5 Å². The van der Waals surface area contributed by atoms with Crippen LogP contribution in [0, 0.1) is 10.1 Å². The fourth-order valence-electron chi connectivity index (χ4n) is 3.11. The predicted molar refractivity (Wildman–Crippen MR) is 124 cm³/mol. The minimum Gasteiger partial charge on any atom is -0.506 e. The Morgan fingerprint density at radius 3 is 2.09 bits per heavy atom. The van der Waals surface area contributed by atoms with Crippen molar-refractivity contribution in [3.63, 3.8) is 0 Å². The van der Waals surface area contributed by atoms with E-state index >= 15 is 0 Å². The maximum Gasteiger partial charge on any atom is 0.269 e. The Hall–Kier alpha value is -4.93. The Balaban J connectivity index is 1.66. The van der Waals surface area contributed by atoms with E-state index in [0.717, 1.165) is 0 Å². The molecule has 0 fully saturated rings. The monoisotopic (exact) mass is 458 g/mol. The average molecular weight is 458 g/mol. The minimum absolute atomic E-state index is 0.0369. The number of hydrogen-bond donors (Lipinski definition) is 1. The molecule has 3 aromatic carbocycles. The molecule has 170 valence electrons. The summed E-state index contributed by atoms with van der Waals surface area (Å²) in [6.45, 7) is 0. The summed E-state index contributed by atoms with van der Waals surface area (Å²) in [6.07, 6.45) is 1.58. The molecule has 0 saturated heterocycles. The van der Waals surface area contributed by atoms with Gasteiger partial charge in [0, 0.05) is 35.8 Å². The van der Waals surface area contributed by atoms with Gasteiger partial charge in [0.25, 0.3) is 5.69 Å². The van der Waals surface area contributed by atoms with Gasteiger partial charge in [-0.05, 0) is 36.4 Å². The Bertz CT molecular complexity index is 1420. The number of hydrogen-bond acceptors (Lipinski definition) is 10. The summed E-state index contributed by atoms with van der Waals surface area (Å²) in [5, 5.41) is 38.3. The normalized spacial score (nSPS) is 11.4. The Labute approximate surface area is 193 Å². The van der Waals surface area contributed by atoms with Crippen LogP contribution < -0.4 is 9.47 Å². The number of aromatic nitrogens is 1. The molecule has 0 saturated carbocycles. The van der Waals surface area contributed by atoms with E-state index in [0.29, 0.717) is 45.2 Å². The number of ether oxygens (including phenoxy) is 2. The molecule has 11 heteroatoms. The zero-order chi connectivity index (χ0) is 24.1. The van der Waals surface area contributed by atoms with Crippen LogP contribution in [-0.4, -0.2) is 29.2 Å². The average Bonchev–Trinajstić information content (AvgIpc) is 2.87. The van der Waals surface area contributed by atoms with Gasteiger partial charge in [-0.25, -0.2) is 0 Å². The first kappa shape index (κ1) is 22.3. The van der Waals surface area contributed by atoms with Crippen LogP contribution in [0.2, 0.25) is 0 Å². The van der Waals surface area contributed by atoms with E-state index in [1.165, 1.54) is 44.6 Å². The minimum atomic E-state index is -0.487. The number of pyridine rings is 1. The highest BCUT2D eigenvalue weighted by molar-refractivity contribution is 5.93. The lowest BCUT2D eigenvalue weighted by molar-refractivity contribution is -0.384. The third-order valence-electron chi connectivity index (χ3n) is 4.80. The SMILES string of the molecule is COc1cc(N=Nc2ccc(O)c3ncccc23)c(OC)cc1N=Nc1ccc([N+](=O)[O-])cc1. The van der Waals surface area contributed by atoms with Crippen LogP contribution in [0.5, 0.6) is 17.2 Å². The molecule has 0 spiro atoms. The van der Waals surface area contributed by atoms with Gasteiger partial charge in [-0.15, -0.1) is 15.3 Å². The van der Waals surface area contributed by atoms with Gasteiger partial charge >= 0.3 is 0 Å². The summed E-state index contributed by atoms with van der Waals surface area (Å²) < 4.78 is 10.9. The van der Waals surface area contributed by atoms with Gasteiger partial charge in [0.1, 0.15) is 34.1 Å². The van der Waals surface area contributed by atoms with Crippen molar-refractivity contribution < 1.29 is 19.5 Å². The number of non-ortho nitro benzene ring substituents is 1. The first-order chi connectivity index (χ1) is 16.5. The molecule has 0 aliphatic rings. The fraction of sp³-hybridized carbons (Fsp3) is 0.0870.